The third-order valence-electron chi connectivity index (χ3n) is 4.46. The number of amides is 1. The van der Waals surface area contributed by atoms with Crippen molar-refractivity contribution >= 4 is 55.2 Å². The number of fused-ring (bicyclic) bond motifs is 2. The fraction of sp³-hybridized carbons (Fsp3) is 0.238. The molecule has 0 saturated heterocycles. The molecular formula is C21H20ClN3O2S. The number of carbonyl (C=O) groups excluding carboxylic acids is 1. The Hall–Kier alpha value is -2.41. The smallest absolute Gasteiger partial charge is 0.295 e. The van der Waals surface area contributed by atoms with Gasteiger partial charge in [-0.2, -0.15) is 0 Å². The van der Waals surface area contributed by atoms with Crippen molar-refractivity contribution in [3.63, 3.8) is 0 Å². The second-order valence-electron chi connectivity index (χ2n) is 6.85. The van der Waals surface area contributed by atoms with Crippen LogP contribution >= 0.6 is 22.9 Å². The Bertz CT molecular complexity index is 1100. The molecule has 0 fully saturated rings. The fourth-order valence-corrected chi connectivity index (χ4v) is 4.36. The highest BCUT2D eigenvalue weighted by Gasteiger charge is 2.24. The van der Waals surface area contributed by atoms with Gasteiger partial charge in [-0.15, -0.1) is 0 Å². The van der Waals surface area contributed by atoms with Gasteiger partial charge >= 0.3 is 0 Å². The van der Waals surface area contributed by atoms with Crippen molar-refractivity contribution in [1.29, 1.82) is 0 Å². The number of anilines is 1. The summed E-state index contributed by atoms with van der Waals surface area (Å²) in [6.45, 7) is 1.42. The predicted molar refractivity (Wildman–Crippen MR) is 116 cm³/mol. The first-order chi connectivity index (χ1) is 13.5. The highest BCUT2D eigenvalue weighted by atomic mass is 35.5. The second kappa shape index (κ2) is 7.91. The summed E-state index contributed by atoms with van der Waals surface area (Å²) in [5.74, 6) is 0.126. The van der Waals surface area contributed by atoms with Crippen molar-refractivity contribution in [2.45, 2.75) is 6.42 Å². The molecule has 4 aromatic rings. The van der Waals surface area contributed by atoms with Crippen molar-refractivity contribution in [3.8, 4) is 0 Å². The van der Waals surface area contributed by atoms with Gasteiger partial charge in [0.1, 0.15) is 11.1 Å². The number of benzene rings is 2. The van der Waals surface area contributed by atoms with Gasteiger partial charge in [-0.25, -0.2) is 4.98 Å². The van der Waals surface area contributed by atoms with Crippen LogP contribution in [-0.2, 0) is 0 Å². The topological polar surface area (TPSA) is 49.6 Å². The van der Waals surface area contributed by atoms with Crippen LogP contribution < -0.4 is 4.90 Å². The molecule has 28 heavy (non-hydrogen) atoms. The largest absolute Gasteiger partial charge is 0.451 e. The van der Waals surface area contributed by atoms with E-state index in [2.05, 4.69) is 9.88 Å². The van der Waals surface area contributed by atoms with E-state index in [-0.39, 0.29) is 5.91 Å². The Morgan fingerprint density at radius 1 is 1.14 bits per heavy atom. The number of rotatable bonds is 6. The zero-order valence-corrected chi connectivity index (χ0v) is 17.3. The highest BCUT2D eigenvalue weighted by molar-refractivity contribution is 7.22. The van der Waals surface area contributed by atoms with Gasteiger partial charge in [0, 0.05) is 11.9 Å². The van der Waals surface area contributed by atoms with Crippen LogP contribution in [0.4, 0.5) is 5.13 Å². The van der Waals surface area contributed by atoms with Gasteiger partial charge in [-0.05, 0) is 51.3 Å². The van der Waals surface area contributed by atoms with Crippen LogP contribution in [0.15, 0.2) is 52.9 Å². The molecule has 7 heteroatoms. The minimum Gasteiger partial charge on any atom is -0.451 e. The van der Waals surface area contributed by atoms with E-state index in [4.69, 9.17) is 16.0 Å². The summed E-state index contributed by atoms with van der Waals surface area (Å²) in [4.78, 5) is 21.7. The number of hydrogen-bond donors (Lipinski definition) is 0. The Morgan fingerprint density at radius 2 is 1.96 bits per heavy atom. The molecule has 1 amide bonds. The van der Waals surface area contributed by atoms with E-state index in [0.29, 0.717) is 28.0 Å². The Balaban J connectivity index is 1.71. The maximum absolute atomic E-state index is 13.3. The van der Waals surface area contributed by atoms with Crippen molar-refractivity contribution in [2.24, 2.45) is 0 Å². The fourth-order valence-electron chi connectivity index (χ4n) is 3.07. The van der Waals surface area contributed by atoms with Gasteiger partial charge in [-0.1, -0.05) is 47.2 Å². The lowest BCUT2D eigenvalue weighted by Gasteiger charge is -2.19. The second-order valence-corrected chi connectivity index (χ2v) is 8.26. The maximum atomic E-state index is 13.3. The molecule has 2 aromatic carbocycles. The molecule has 2 heterocycles. The van der Waals surface area contributed by atoms with Gasteiger partial charge < -0.3 is 9.32 Å². The Kier molecular flexibility index (Phi) is 5.35. The third-order valence-corrected chi connectivity index (χ3v) is 5.81. The van der Waals surface area contributed by atoms with E-state index in [0.717, 1.165) is 28.6 Å². The standard InChI is InChI=1S/C21H20ClN3O2S/c1-24(2)11-6-12-25(21-23-19-15(22)8-5-10-18(19)28-21)20(26)17-13-14-7-3-4-9-16(14)27-17/h3-5,7-10,13H,6,11-12H2,1-2H3. The quantitative estimate of drug-likeness (QED) is 0.430. The molecule has 0 N–H and O–H groups in total. The van der Waals surface area contributed by atoms with Crippen molar-refractivity contribution in [1.82, 2.24) is 9.88 Å². The number of aromatic nitrogens is 1. The van der Waals surface area contributed by atoms with Gasteiger partial charge in [-0.3, -0.25) is 9.69 Å². The minimum absolute atomic E-state index is 0.190. The van der Waals surface area contributed by atoms with Crippen LogP contribution in [0, 0.1) is 0 Å². The van der Waals surface area contributed by atoms with E-state index < -0.39 is 0 Å². The molecule has 0 saturated carbocycles. The van der Waals surface area contributed by atoms with Crippen molar-refractivity contribution < 1.29 is 9.21 Å². The van der Waals surface area contributed by atoms with Gasteiger partial charge in [0.15, 0.2) is 10.9 Å². The van der Waals surface area contributed by atoms with Crippen LogP contribution in [0.1, 0.15) is 17.0 Å². The summed E-state index contributed by atoms with van der Waals surface area (Å²) in [6, 6.07) is 15.1. The van der Waals surface area contributed by atoms with Crippen LogP contribution in [-0.4, -0.2) is 43.0 Å². The summed E-state index contributed by atoms with van der Waals surface area (Å²) < 4.78 is 6.76. The summed E-state index contributed by atoms with van der Waals surface area (Å²) in [5, 5.41) is 2.13. The van der Waals surface area contributed by atoms with Crippen LogP contribution in [0.2, 0.25) is 5.02 Å². The molecule has 4 rings (SSSR count). The molecule has 2 aromatic heterocycles. The average Bonchev–Trinajstić information content (AvgIpc) is 3.29. The number of thiazole rings is 1. The normalized spacial score (nSPS) is 11.6. The number of carbonyl (C=O) groups is 1. The molecule has 0 unspecified atom stereocenters. The summed E-state index contributed by atoms with van der Waals surface area (Å²) in [7, 11) is 4.03. The van der Waals surface area contributed by atoms with Gasteiger partial charge in [0.05, 0.1) is 9.72 Å². The van der Waals surface area contributed by atoms with E-state index in [1.165, 1.54) is 11.3 Å². The third kappa shape index (κ3) is 3.76. The van der Waals surface area contributed by atoms with E-state index in [1.807, 2.05) is 56.6 Å². The molecule has 0 atom stereocenters. The van der Waals surface area contributed by atoms with Crippen LogP contribution in [0.5, 0.6) is 0 Å². The minimum atomic E-state index is -0.190. The number of para-hydroxylation sites is 2. The average molecular weight is 414 g/mol. The molecule has 0 bridgehead atoms. The SMILES string of the molecule is CN(C)CCCN(C(=O)c1cc2ccccc2o1)c1nc2c(Cl)cccc2s1. The number of halogens is 1. The molecule has 0 aliphatic heterocycles. The molecular weight excluding hydrogens is 394 g/mol. The Labute approximate surface area is 172 Å². The molecule has 5 nitrogen and oxygen atoms in total. The first kappa shape index (κ1) is 18.9. The summed E-state index contributed by atoms with van der Waals surface area (Å²) >= 11 is 7.75. The molecule has 0 aliphatic carbocycles. The predicted octanol–water partition coefficient (Wildman–Crippen LogP) is 5.29. The lowest BCUT2D eigenvalue weighted by atomic mass is 10.2. The van der Waals surface area contributed by atoms with Gasteiger partial charge in [0.2, 0.25) is 0 Å². The lowest BCUT2D eigenvalue weighted by Crippen LogP contribution is -2.33. The van der Waals surface area contributed by atoms with Gasteiger partial charge in [0.25, 0.3) is 5.91 Å². The van der Waals surface area contributed by atoms with Crippen molar-refractivity contribution in [2.75, 3.05) is 32.1 Å². The van der Waals surface area contributed by atoms with Crippen molar-refractivity contribution in [3.05, 3.63) is 59.3 Å². The zero-order valence-electron chi connectivity index (χ0n) is 15.7. The maximum Gasteiger partial charge on any atom is 0.295 e. The number of furan rings is 1. The zero-order chi connectivity index (χ0) is 19.7. The molecule has 144 valence electrons. The first-order valence-electron chi connectivity index (χ1n) is 9.03. The first-order valence-corrected chi connectivity index (χ1v) is 10.2. The van der Waals surface area contributed by atoms with E-state index >= 15 is 0 Å². The molecule has 0 aliphatic rings. The Morgan fingerprint density at radius 3 is 2.71 bits per heavy atom. The summed E-state index contributed by atoms with van der Waals surface area (Å²) in [5.41, 5.74) is 1.42. The summed E-state index contributed by atoms with van der Waals surface area (Å²) in [6.07, 6.45) is 0.822. The molecule has 0 radical (unpaired) electrons. The monoisotopic (exact) mass is 413 g/mol. The molecule has 0 spiro atoms. The number of hydrogen-bond acceptors (Lipinski definition) is 5. The van der Waals surface area contributed by atoms with Crippen LogP contribution in [0.3, 0.4) is 0 Å². The van der Waals surface area contributed by atoms with E-state index in [9.17, 15) is 4.79 Å². The number of nitrogens with zero attached hydrogens (tertiary/aromatic N) is 3. The van der Waals surface area contributed by atoms with E-state index in [1.54, 1.807) is 11.0 Å². The lowest BCUT2D eigenvalue weighted by molar-refractivity contribution is 0.0961. The highest BCUT2D eigenvalue weighted by Crippen LogP contribution is 2.34. The van der Waals surface area contributed by atoms with Crippen LogP contribution in [0.25, 0.3) is 21.2 Å².